The van der Waals surface area contributed by atoms with Crippen LogP contribution in [0.15, 0.2) is 16.4 Å². The highest BCUT2D eigenvalue weighted by molar-refractivity contribution is 7.99. The van der Waals surface area contributed by atoms with Crippen molar-refractivity contribution in [3.8, 4) is 0 Å². The van der Waals surface area contributed by atoms with E-state index in [1.165, 1.54) is 10.7 Å². The number of aromatic carboxylic acids is 1. The molecule has 0 saturated carbocycles. The highest BCUT2D eigenvalue weighted by Crippen LogP contribution is 2.21. The Morgan fingerprint density at radius 1 is 1.47 bits per heavy atom. The van der Waals surface area contributed by atoms with E-state index in [9.17, 15) is 4.79 Å². The normalized spacial score (nSPS) is 10.5. The zero-order valence-corrected chi connectivity index (χ0v) is 9.84. The van der Waals surface area contributed by atoms with Crippen molar-refractivity contribution in [3.63, 3.8) is 0 Å². The smallest absolute Gasteiger partial charge is 0.354 e. The Balaban J connectivity index is 2.33. The van der Waals surface area contributed by atoms with Crippen LogP contribution in [-0.2, 0) is 7.05 Å². The van der Waals surface area contributed by atoms with Gasteiger partial charge in [0.25, 0.3) is 0 Å². The first kappa shape index (κ1) is 11.5. The molecule has 8 nitrogen and oxygen atoms in total. The van der Waals surface area contributed by atoms with Crippen molar-refractivity contribution in [2.24, 2.45) is 7.05 Å². The molecule has 0 atom stereocenters. The Kier molecular flexibility index (Phi) is 3.00. The van der Waals surface area contributed by atoms with E-state index in [1.807, 2.05) is 0 Å². The van der Waals surface area contributed by atoms with Crippen molar-refractivity contribution in [1.82, 2.24) is 30.2 Å². The number of tetrazole rings is 1. The van der Waals surface area contributed by atoms with Crippen molar-refractivity contribution in [2.45, 2.75) is 17.2 Å². The third-order valence-corrected chi connectivity index (χ3v) is 2.71. The first-order valence-corrected chi connectivity index (χ1v) is 5.37. The molecule has 0 amide bonds. The molecule has 1 N–H and O–H groups in total. The molecule has 0 unspecified atom stereocenters. The monoisotopic (exact) mass is 252 g/mol. The Bertz CT molecular complexity index is 569. The molecule has 2 rings (SSSR count). The van der Waals surface area contributed by atoms with E-state index in [0.29, 0.717) is 16.0 Å². The van der Waals surface area contributed by atoms with Crippen LogP contribution in [0.1, 0.15) is 16.2 Å². The van der Waals surface area contributed by atoms with Crippen molar-refractivity contribution in [2.75, 3.05) is 0 Å². The Labute approximate surface area is 100 Å². The van der Waals surface area contributed by atoms with Crippen LogP contribution in [0, 0.1) is 6.92 Å². The summed E-state index contributed by atoms with van der Waals surface area (Å²) in [4.78, 5) is 18.8. The van der Waals surface area contributed by atoms with Crippen molar-refractivity contribution in [3.05, 3.63) is 17.5 Å². The van der Waals surface area contributed by atoms with Gasteiger partial charge >= 0.3 is 5.97 Å². The summed E-state index contributed by atoms with van der Waals surface area (Å²) in [6, 6.07) is 1.40. The minimum atomic E-state index is -1.09. The van der Waals surface area contributed by atoms with Crippen LogP contribution in [0.25, 0.3) is 0 Å². The second-order valence-corrected chi connectivity index (χ2v) is 4.10. The summed E-state index contributed by atoms with van der Waals surface area (Å²) in [7, 11) is 1.68. The molecule has 2 aromatic rings. The highest BCUT2D eigenvalue weighted by Gasteiger charge is 2.12. The van der Waals surface area contributed by atoms with E-state index in [2.05, 4.69) is 25.5 Å². The number of aromatic nitrogens is 6. The molecule has 2 heterocycles. The minimum Gasteiger partial charge on any atom is -0.477 e. The Morgan fingerprint density at radius 2 is 2.24 bits per heavy atom. The average Bonchev–Trinajstić information content (AvgIpc) is 2.63. The number of hydrogen-bond acceptors (Lipinski definition) is 7. The molecule has 2 aromatic heterocycles. The zero-order valence-electron chi connectivity index (χ0n) is 9.02. The molecule has 0 fully saturated rings. The average molecular weight is 252 g/mol. The number of nitrogens with zero attached hydrogens (tertiary/aromatic N) is 6. The van der Waals surface area contributed by atoms with Crippen LogP contribution in [0.2, 0.25) is 0 Å². The van der Waals surface area contributed by atoms with Gasteiger partial charge in [-0.3, -0.25) is 0 Å². The third-order valence-electron chi connectivity index (χ3n) is 1.82. The molecule has 17 heavy (non-hydrogen) atoms. The van der Waals surface area contributed by atoms with Crippen LogP contribution in [-0.4, -0.2) is 41.3 Å². The fraction of sp³-hybridized carbons (Fsp3) is 0.250. The Morgan fingerprint density at radius 3 is 2.82 bits per heavy atom. The van der Waals surface area contributed by atoms with Crippen LogP contribution in [0.5, 0.6) is 0 Å². The molecular formula is C8H8N6O2S. The van der Waals surface area contributed by atoms with E-state index in [4.69, 9.17) is 5.11 Å². The van der Waals surface area contributed by atoms with Gasteiger partial charge in [0.05, 0.1) is 0 Å². The summed E-state index contributed by atoms with van der Waals surface area (Å²) in [5, 5.41) is 20.5. The standard InChI is InChI=1S/C8H8N6O2S/c1-4-3-5(6(15)16)10-7(9-4)17-8-11-12-13-14(8)2/h3H,1-2H3,(H,15,16). The van der Waals surface area contributed by atoms with Crippen molar-refractivity contribution < 1.29 is 9.90 Å². The molecule has 0 bridgehead atoms. The van der Waals surface area contributed by atoms with Gasteiger partial charge in [0.1, 0.15) is 0 Å². The van der Waals surface area contributed by atoms with Crippen molar-refractivity contribution in [1.29, 1.82) is 0 Å². The zero-order chi connectivity index (χ0) is 12.4. The lowest BCUT2D eigenvalue weighted by atomic mass is 10.3. The Hall–Kier alpha value is -2.03. The summed E-state index contributed by atoms with van der Waals surface area (Å²) >= 11 is 1.11. The first-order chi connectivity index (χ1) is 8.06. The summed E-state index contributed by atoms with van der Waals surface area (Å²) in [5.41, 5.74) is 0.533. The van der Waals surface area contributed by atoms with Gasteiger partial charge in [-0.2, -0.15) is 0 Å². The fourth-order valence-corrected chi connectivity index (χ4v) is 1.83. The van der Waals surface area contributed by atoms with Gasteiger partial charge < -0.3 is 5.11 Å². The van der Waals surface area contributed by atoms with Gasteiger partial charge in [-0.25, -0.2) is 19.4 Å². The maximum atomic E-state index is 10.8. The van der Waals surface area contributed by atoms with E-state index < -0.39 is 5.97 Å². The fourth-order valence-electron chi connectivity index (χ4n) is 1.09. The minimum absolute atomic E-state index is 0.0462. The van der Waals surface area contributed by atoms with Crippen LogP contribution in [0.4, 0.5) is 0 Å². The molecule has 0 aliphatic carbocycles. The van der Waals surface area contributed by atoms with Crippen LogP contribution in [0.3, 0.4) is 0 Å². The predicted octanol–water partition coefficient (Wildman–Crippen LogP) is 0.158. The highest BCUT2D eigenvalue weighted by atomic mass is 32.2. The molecule has 0 radical (unpaired) electrons. The van der Waals surface area contributed by atoms with Gasteiger partial charge in [-0.15, -0.1) is 5.10 Å². The quantitative estimate of drug-likeness (QED) is 0.770. The third kappa shape index (κ3) is 2.56. The summed E-state index contributed by atoms with van der Waals surface area (Å²) in [5.74, 6) is -1.09. The molecular weight excluding hydrogens is 244 g/mol. The summed E-state index contributed by atoms with van der Waals surface area (Å²) < 4.78 is 1.46. The summed E-state index contributed by atoms with van der Waals surface area (Å²) in [6.45, 7) is 1.70. The van der Waals surface area contributed by atoms with Crippen LogP contribution >= 0.6 is 11.8 Å². The largest absolute Gasteiger partial charge is 0.477 e. The number of carboxylic acids is 1. The predicted molar refractivity (Wildman–Crippen MR) is 56.6 cm³/mol. The lowest BCUT2D eigenvalue weighted by molar-refractivity contribution is 0.0689. The van der Waals surface area contributed by atoms with Gasteiger partial charge in [0.15, 0.2) is 10.9 Å². The molecule has 88 valence electrons. The molecule has 9 heteroatoms. The lowest BCUT2D eigenvalue weighted by Gasteiger charge is -2.01. The van der Waals surface area contributed by atoms with Gasteiger partial charge in [-0.05, 0) is 35.2 Å². The topological polar surface area (TPSA) is 107 Å². The summed E-state index contributed by atoms with van der Waals surface area (Å²) in [6.07, 6.45) is 0. The lowest BCUT2D eigenvalue weighted by Crippen LogP contribution is -2.04. The van der Waals surface area contributed by atoms with E-state index in [1.54, 1.807) is 14.0 Å². The number of aryl methyl sites for hydroxylation is 2. The SMILES string of the molecule is Cc1cc(C(=O)O)nc(Sc2nnnn2C)n1. The maximum Gasteiger partial charge on any atom is 0.354 e. The maximum absolute atomic E-state index is 10.8. The number of carbonyl (C=O) groups is 1. The van der Waals surface area contributed by atoms with E-state index in [0.717, 1.165) is 11.8 Å². The second kappa shape index (κ2) is 4.45. The number of carboxylic acid groups (broad SMARTS) is 1. The van der Waals surface area contributed by atoms with E-state index >= 15 is 0 Å². The van der Waals surface area contributed by atoms with Gasteiger partial charge in [0, 0.05) is 12.7 Å². The molecule has 0 aliphatic heterocycles. The second-order valence-electron chi connectivity index (χ2n) is 3.17. The van der Waals surface area contributed by atoms with Gasteiger partial charge in [-0.1, -0.05) is 0 Å². The molecule has 0 saturated heterocycles. The molecule has 0 spiro atoms. The van der Waals surface area contributed by atoms with Crippen LogP contribution < -0.4 is 0 Å². The van der Waals surface area contributed by atoms with Gasteiger partial charge in [0.2, 0.25) is 5.16 Å². The molecule has 0 aromatic carbocycles. The van der Waals surface area contributed by atoms with Crippen molar-refractivity contribution >= 4 is 17.7 Å². The van der Waals surface area contributed by atoms with E-state index in [-0.39, 0.29) is 5.69 Å². The first-order valence-electron chi connectivity index (χ1n) is 4.55. The number of hydrogen-bond donors (Lipinski definition) is 1. The number of rotatable bonds is 3. The molecule has 0 aliphatic rings.